The molecule has 20 heavy (non-hydrogen) atoms. The van der Waals surface area contributed by atoms with Crippen molar-refractivity contribution in [1.82, 2.24) is 0 Å². The molecule has 3 N–H and O–H groups in total. The number of hydrogen-bond donors (Lipinski definition) is 2. The molecular formula is C14H12F4N2. The number of rotatable bonds is 3. The van der Waals surface area contributed by atoms with Gasteiger partial charge in [0.05, 0.1) is 11.3 Å². The van der Waals surface area contributed by atoms with Crippen LogP contribution in [0.1, 0.15) is 11.1 Å². The first-order valence-corrected chi connectivity index (χ1v) is 5.83. The SMILES string of the molecule is NCc1cccc(Nc2ccc(C(F)(F)F)cc2F)c1. The molecule has 0 radical (unpaired) electrons. The van der Waals surface area contributed by atoms with E-state index in [2.05, 4.69) is 5.32 Å². The highest BCUT2D eigenvalue weighted by Gasteiger charge is 2.31. The Hall–Kier alpha value is -2.08. The van der Waals surface area contributed by atoms with Crippen molar-refractivity contribution in [2.75, 3.05) is 5.32 Å². The monoisotopic (exact) mass is 284 g/mol. The van der Waals surface area contributed by atoms with Crippen LogP contribution in [-0.4, -0.2) is 0 Å². The summed E-state index contributed by atoms with van der Waals surface area (Å²) in [6, 6.07) is 9.27. The summed E-state index contributed by atoms with van der Waals surface area (Å²) in [6.45, 7) is 0.324. The van der Waals surface area contributed by atoms with Gasteiger partial charge in [0.15, 0.2) is 0 Å². The normalized spacial score (nSPS) is 11.4. The third-order valence-electron chi connectivity index (χ3n) is 2.74. The number of benzene rings is 2. The van der Waals surface area contributed by atoms with E-state index >= 15 is 0 Å². The molecule has 0 saturated heterocycles. The minimum atomic E-state index is -4.56. The molecule has 2 aromatic carbocycles. The molecule has 0 aliphatic rings. The molecule has 0 aromatic heterocycles. The minimum Gasteiger partial charge on any atom is -0.353 e. The van der Waals surface area contributed by atoms with Gasteiger partial charge in [-0.15, -0.1) is 0 Å². The molecule has 2 nitrogen and oxygen atoms in total. The molecular weight excluding hydrogens is 272 g/mol. The van der Waals surface area contributed by atoms with Crippen molar-refractivity contribution >= 4 is 11.4 Å². The second-order valence-electron chi connectivity index (χ2n) is 4.22. The molecule has 0 fully saturated rings. The lowest BCUT2D eigenvalue weighted by Crippen LogP contribution is -2.06. The smallest absolute Gasteiger partial charge is 0.353 e. The van der Waals surface area contributed by atoms with Gasteiger partial charge in [-0.25, -0.2) is 4.39 Å². The van der Waals surface area contributed by atoms with E-state index in [-0.39, 0.29) is 5.69 Å². The third kappa shape index (κ3) is 3.27. The van der Waals surface area contributed by atoms with Crippen LogP contribution in [0, 0.1) is 5.82 Å². The fraction of sp³-hybridized carbons (Fsp3) is 0.143. The van der Waals surface area contributed by atoms with E-state index in [0.717, 1.165) is 17.7 Å². The average Bonchev–Trinajstić information content (AvgIpc) is 2.40. The van der Waals surface area contributed by atoms with Gasteiger partial charge >= 0.3 is 6.18 Å². The van der Waals surface area contributed by atoms with Crippen LogP contribution in [0.2, 0.25) is 0 Å². The summed E-state index contributed by atoms with van der Waals surface area (Å²) < 4.78 is 50.9. The van der Waals surface area contributed by atoms with Crippen molar-refractivity contribution in [2.45, 2.75) is 12.7 Å². The highest BCUT2D eigenvalue weighted by atomic mass is 19.4. The summed E-state index contributed by atoms with van der Waals surface area (Å²) in [7, 11) is 0. The van der Waals surface area contributed by atoms with E-state index in [1.54, 1.807) is 24.3 Å². The summed E-state index contributed by atoms with van der Waals surface area (Å²) in [6.07, 6.45) is -4.56. The molecule has 0 atom stereocenters. The number of alkyl halides is 3. The predicted octanol–water partition coefficient (Wildman–Crippen LogP) is 4.05. The lowest BCUT2D eigenvalue weighted by molar-refractivity contribution is -0.137. The van der Waals surface area contributed by atoms with Gasteiger partial charge in [-0.3, -0.25) is 0 Å². The van der Waals surface area contributed by atoms with E-state index in [9.17, 15) is 17.6 Å². The largest absolute Gasteiger partial charge is 0.416 e. The maximum Gasteiger partial charge on any atom is 0.416 e. The maximum atomic E-state index is 13.7. The Kier molecular flexibility index (Phi) is 3.94. The van der Waals surface area contributed by atoms with Gasteiger partial charge in [-0.05, 0) is 35.9 Å². The molecule has 0 aliphatic carbocycles. The van der Waals surface area contributed by atoms with Gasteiger partial charge in [0.25, 0.3) is 0 Å². The standard InChI is InChI=1S/C14H12F4N2/c15-12-7-10(14(16,17)18)4-5-13(12)20-11-3-1-2-9(6-11)8-19/h1-7,20H,8,19H2. The lowest BCUT2D eigenvalue weighted by Gasteiger charge is -2.11. The fourth-order valence-electron chi connectivity index (χ4n) is 1.72. The van der Waals surface area contributed by atoms with Gasteiger partial charge < -0.3 is 11.1 Å². The zero-order valence-electron chi connectivity index (χ0n) is 10.3. The zero-order valence-corrected chi connectivity index (χ0v) is 10.3. The van der Waals surface area contributed by atoms with E-state index in [1.165, 1.54) is 0 Å². The van der Waals surface area contributed by atoms with Crippen molar-refractivity contribution < 1.29 is 17.6 Å². The molecule has 0 amide bonds. The maximum absolute atomic E-state index is 13.7. The summed E-state index contributed by atoms with van der Waals surface area (Å²) in [5.74, 6) is -0.960. The van der Waals surface area contributed by atoms with Crippen LogP contribution in [0.3, 0.4) is 0 Å². The van der Waals surface area contributed by atoms with Gasteiger partial charge in [0, 0.05) is 12.2 Å². The first kappa shape index (κ1) is 14.3. The van der Waals surface area contributed by atoms with E-state index in [4.69, 9.17) is 5.73 Å². The molecule has 6 heteroatoms. The Balaban J connectivity index is 2.25. The van der Waals surface area contributed by atoms with Crippen molar-refractivity contribution in [3.8, 4) is 0 Å². The molecule has 106 valence electrons. The van der Waals surface area contributed by atoms with Crippen molar-refractivity contribution in [2.24, 2.45) is 5.73 Å². The van der Waals surface area contributed by atoms with Crippen LogP contribution < -0.4 is 11.1 Å². The van der Waals surface area contributed by atoms with Gasteiger partial charge in [0.2, 0.25) is 0 Å². The van der Waals surface area contributed by atoms with Gasteiger partial charge in [-0.1, -0.05) is 12.1 Å². The summed E-state index contributed by atoms with van der Waals surface area (Å²) >= 11 is 0. The molecule has 0 spiro atoms. The Morgan fingerprint density at radius 2 is 1.80 bits per heavy atom. The Labute approximate surface area is 113 Å². The predicted molar refractivity (Wildman–Crippen MR) is 69.0 cm³/mol. The molecule has 0 bridgehead atoms. The number of hydrogen-bond acceptors (Lipinski definition) is 2. The highest BCUT2D eigenvalue weighted by Crippen LogP contribution is 2.32. The Morgan fingerprint density at radius 3 is 2.40 bits per heavy atom. The fourth-order valence-corrected chi connectivity index (χ4v) is 1.72. The number of anilines is 2. The quantitative estimate of drug-likeness (QED) is 0.834. The molecule has 0 unspecified atom stereocenters. The number of nitrogens with two attached hydrogens (primary N) is 1. The van der Waals surface area contributed by atoms with E-state index in [1.807, 2.05) is 0 Å². The molecule has 2 rings (SSSR count). The number of halogens is 4. The first-order chi connectivity index (χ1) is 9.40. The second kappa shape index (κ2) is 5.50. The molecule has 0 saturated carbocycles. The van der Waals surface area contributed by atoms with Crippen molar-refractivity contribution in [3.63, 3.8) is 0 Å². The Morgan fingerprint density at radius 1 is 1.05 bits per heavy atom. The van der Waals surface area contributed by atoms with E-state index < -0.39 is 17.6 Å². The molecule has 2 aromatic rings. The average molecular weight is 284 g/mol. The van der Waals surface area contributed by atoms with Crippen LogP contribution in [0.15, 0.2) is 42.5 Å². The Bertz CT molecular complexity index is 608. The van der Waals surface area contributed by atoms with Crippen LogP contribution in [0.5, 0.6) is 0 Å². The van der Waals surface area contributed by atoms with Gasteiger partial charge in [0.1, 0.15) is 5.82 Å². The highest BCUT2D eigenvalue weighted by molar-refractivity contribution is 5.61. The lowest BCUT2D eigenvalue weighted by atomic mass is 10.1. The van der Waals surface area contributed by atoms with Crippen molar-refractivity contribution in [3.05, 3.63) is 59.4 Å². The summed E-state index contributed by atoms with van der Waals surface area (Å²) in [5, 5.41) is 2.73. The van der Waals surface area contributed by atoms with Gasteiger partial charge in [-0.2, -0.15) is 13.2 Å². The van der Waals surface area contributed by atoms with Crippen molar-refractivity contribution in [1.29, 1.82) is 0 Å². The first-order valence-electron chi connectivity index (χ1n) is 5.83. The van der Waals surface area contributed by atoms with Crippen LogP contribution in [0.4, 0.5) is 28.9 Å². The van der Waals surface area contributed by atoms with Crippen LogP contribution >= 0.6 is 0 Å². The second-order valence-corrected chi connectivity index (χ2v) is 4.22. The molecule has 0 heterocycles. The van der Waals surface area contributed by atoms with Crippen LogP contribution in [-0.2, 0) is 12.7 Å². The minimum absolute atomic E-state index is 0.0211. The topological polar surface area (TPSA) is 38.0 Å². The van der Waals surface area contributed by atoms with Crippen LogP contribution in [0.25, 0.3) is 0 Å². The number of nitrogens with one attached hydrogen (secondary N) is 1. The summed E-state index contributed by atoms with van der Waals surface area (Å²) in [4.78, 5) is 0. The van der Waals surface area contributed by atoms with E-state index in [0.29, 0.717) is 18.3 Å². The molecule has 0 aliphatic heterocycles. The summed E-state index contributed by atoms with van der Waals surface area (Å²) in [5.41, 5.74) is 5.84. The third-order valence-corrected chi connectivity index (χ3v) is 2.74. The zero-order chi connectivity index (χ0) is 14.8.